The molecule has 0 aliphatic rings. The monoisotopic (exact) mass is 275 g/mol. The van der Waals surface area contributed by atoms with Crippen LogP contribution in [-0.4, -0.2) is 21.2 Å². The number of aliphatic hydroxyl groups is 2. The molecule has 0 fully saturated rings. The maximum absolute atomic E-state index is 10.9. The van der Waals surface area contributed by atoms with E-state index in [1.54, 1.807) is 6.07 Å². The van der Waals surface area contributed by atoms with Crippen molar-refractivity contribution in [2.75, 3.05) is 0 Å². The molecule has 0 saturated heterocycles. The van der Waals surface area contributed by atoms with Crippen molar-refractivity contribution >= 4 is 16.7 Å². The van der Waals surface area contributed by atoms with Crippen LogP contribution in [-0.2, 0) is 0 Å². The Hall–Kier alpha value is -2.36. The molecule has 0 spiro atoms. The lowest BCUT2D eigenvalue weighted by Gasteiger charge is -1.97. The van der Waals surface area contributed by atoms with Gasteiger partial charge >= 0.3 is 0 Å². The molecule has 2 unspecified atom stereocenters. The van der Waals surface area contributed by atoms with Gasteiger partial charge in [-0.3, -0.25) is 10.1 Å². The number of furan rings is 1. The summed E-state index contributed by atoms with van der Waals surface area (Å²) in [6.07, 6.45) is -1.67. The number of benzene rings is 1. The van der Waals surface area contributed by atoms with E-state index in [1.165, 1.54) is 26.0 Å². The Morgan fingerprint density at radius 3 is 2.55 bits per heavy atom. The molecule has 6 heteroatoms. The first kappa shape index (κ1) is 14.1. The van der Waals surface area contributed by atoms with Gasteiger partial charge in [0, 0.05) is 17.5 Å². The van der Waals surface area contributed by atoms with Gasteiger partial charge in [-0.05, 0) is 19.9 Å². The van der Waals surface area contributed by atoms with Crippen LogP contribution in [0.2, 0.25) is 0 Å². The molecule has 1 heterocycles. The molecule has 1 aromatic carbocycles. The van der Waals surface area contributed by atoms with Crippen molar-refractivity contribution in [3.8, 4) is 11.8 Å². The molecule has 104 valence electrons. The number of hydrogen-bond donors (Lipinski definition) is 2. The first-order valence-corrected chi connectivity index (χ1v) is 5.98. The molecule has 0 saturated carbocycles. The van der Waals surface area contributed by atoms with Crippen molar-refractivity contribution in [2.45, 2.75) is 26.1 Å². The quantitative estimate of drug-likeness (QED) is 0.497. The van der Waals surface area contributed by atoms with Crippen LogP contribution in [0, 0.1) is 22.0 Å². The van der Waals surface area contributed by atoms with E-state index >= 15 is 0 Å². The predicted molar refractivity (Wildman–Crippen MR) is 72.1 cm³/mol. The van der Waals surface area contributed by atoms with E-state index in [0.29, 0.717) is 22.3 Å². The third-order valence-electron chi connectivity index (χ3n) is 2.66. The minimum absolute atomic E-state index is 0.120. The Bertz CT molecular complexity index is 718. The average Bonchev–Trinajstić information content (AvgIpc) is 2.79. The van der Waals surface area contributed by atoms with Gasteiger partial charge in [-0.15, -0.1) is 0 Å². The van der Waals surface area contributed by atoms with Crippen molar-refractivity contribution < 1.29 is 19.6 Å². The fourth-order valence-electron chi connectivity index (χ4n) is 1.74. The van der Waals surface area contributed by atoms with Crippen LogP contribution in [0.3, 0.4) is 0 Å². The normalized spacial score (nSPS) is 13.6. The molecule has 20 heavy (non-hydrogen) atoms. The number of non-ortho nitro benzene ring substituents is 1. The van der Waals surface area contributed by atoms with Crippen molar-refractivity contribution in [1.29, 1.82) is 0 Å². The molecule has 2 atom stereocenters. The van der Waals surface area contributed by atoms with Gasteiger partial charge in [0.05, 0.1) is 10.5 Å². The maximum Gasteiger partial charge on any atom is 0.271 e. The summed E-state index contributed by atoms with van der Waals surface area (Å²) in [4.78, 5) is 10.4. The smallest absolute Gasteiger partial charge is 0.271 e. The first-order valence-electron chi connectivity index (χ1n) is 5.98. The Morgan fingerprint density at radius 2 is 2.00 bits per heavy atom. The van der Waals surface area contributed by atoms with Crippen LogP contribution in [0.25, 0.3) is 11.0 Å². The topological polar surface area (TPSA) is 96.7 Å². The number of nitro groups is 1. The third-order valence-corrected chi connectivity index (χ3v) is 2.66. The summed E-state index contributed by atoms with van der Waals surface area (Å²) >= 11 is 0. The summed E-state index contributed by atoms with van der Waals surface area (Å²) in [5.41, 5.74) is 0.548. The van der Waals surface area contributed by atoms with Gasteiger partial charge in [0.25, 0.3) is 5.69 Å². The zero-order chi connectivity index (χ0) is 14.9. The van der Waals surface area contributed by atoms with E-state index in [1.807, 2.05) is 0 Å². The Morgan fingerprint density at radius 1 is 1.30 bits per heavy atom. The Labute approximate surface area is 114 Å². The van der Waals surface area contributed by atoms with E-state index < -0.39 is 17.1 Å². The lowest BCUT2D eigenvalue weighted by molar-refractivity contribution is -0.384. The van der Waals surface area contributed by atoms with E-state index in [2.05, 4.69) is 11.8 Å². The highest BCUT2D eigenvalue weighted by Crippen LogP contribution is 2.30. The van der Waals surface area contributed by atoms with Crippen LogP contribution in [0.1, 0.15) is 31.3 Å². The summed E-state index contributed by atoms with van der Waals surface area (Å²) in [6.45, 7) is 3.03. The molecule has 0 aliphatic heterocycles. The van der Waals surface area contributed by atoms with Crippen molar-refractivity contribution in [3.63, 3.8) is 0 Å². The lowest BCUT2D eigenvalue weighted by atomic mass is 10.1. The summed E-state index contributed by atoms with van der Waals surface area (Å²) in [5.74, 6) is 5.48. The first-order chi connectivity index (χ1) is 9.38. The number of rotatable bonds is 2. The van der Waals surface area contributed by atoms with Gasteiger partial charge in [0.2, 0.25) is 0 Å². The van der Waals surface area contributed by atoms with Gasteiger partial charge in [-0.1, -0.05) is 11.8 Å². The van der Waals surface area contributed by atoms with Gasteiger partial charge < -0.3 is 14.6 Å². The zero-order valence-electron chi connectivity index (χ0n) is 11.0. The van der Waals surface area contributed by atoms with Crippen molar-refractivity contribution in [1.82, 2.24) is 0 Å². The molecular weight excluding hydrogens is 262 g/mol. The number of aliphatic hydroxyl groups excluding tert-OH is 2. The second-order valence-corrected chi connectivity index (χ2v) is 4.44. The van der Waals surface area contributed by atoms with E-state index in [0.717, 1.165) is 0 Å². The fraction of sp³-hybridized carbons (Fsp3) is 0.286. The summed E-state index contributed by atoms with van der Waals surface area (Å²) < 4.78 is 5.47. The molecule has 2 aromatic rings. The van der Waals surface area contributed by atoms with Crippen molar-refractivity contribution in [2.24, 2.45) is 0 Å². The SMILES string of the molecule is CC(O)C#Cc1cc([N+](=O)[O-])cc2cc(C(C)O)oc12. The molecule has 0 aliphatic carbocycles. The Balaban J connectivity index is 2.69. The molecule has 0 radical (unpaired) electrons. The van der Waals surface area contributed by atoms with Gasteiger partial charge in [-0.2, -0.15) is 0 Å². The number of hydrogen-bond acceptors (Lipinski definition) is 5. The van der Waals surface area contributed by atoms with Gasteiger partial charge in [-0.25, -0.2) is 0 Å². The summed E-state index contributed by atoms with van der Waals surface area (Å²) in [7, 11) is 0. The predicted octanol–water partition coefficient (Wildman–Crippen LogP) is 2.13. The van der Waals surface area contributed by atoms with Crippen molar-refractivity contribution in [3.05, 3.63) is 39.6 Å². The zero-order valence-corrected chi connectivity index (χ0v) is 11.0. The highest BCUT2D eigenvalue weighted by atomic mass is 16.6. The molecule has 0 amide bonds. The van der Waals surface area contributed by atoms with Crippen LogP contribution < -0.4 is 0 Å². The van der Waals surface area contributed by atoms with Crippen LogP contribution in [0.15, 0.2) is 22.6 Å². The van der Waals surface area contributed by atoms with E-state index in [-0.39, 0.29) is 5.69 Å². The van der Waals surface area contributed by atoms with E-state index in [9.17, 15) is 20.3 Å². The highest BCUT2D eigenvalue weighted by Gasteiger charge is 2.16. The third kappa shape index (κ3) is 2.79. The standard InChI is InChI=1S/C14H13NO5/c1-8(16)3-4-10-5-12(15(18)19)6-11-7-13(9(2)17)20-14(10)11/h5-9,16-17H,1-2H3. The Kier molecular flexibility index (Phi) is 3.74. The lowest BCUT2D eigenvalue weighted by Crippen LogP contribution is -1.93. The second kappa shape index (κ2) is 5.33. The summed E-state index contributed by atoms with van der Waals surface area (Å²) in [6, 6.07) is 4.19. The molecular formula is C14H13NO5. The highest BCUT2D eigenvalue weighted by molar-refractivity contribution is 5.86. The molecule has 2 rings (SSSR count). The molecule has 1 aromatic heterocycles. The number of nitrogens with zero attached hydrogens (tertiary/aromatic N) is 1. The number of fused-ring (bicyclic) bond motifs is 1. The number of nitro benzene ring substituents is 1. The minimum atomic E-state index is -0.851. The molecule has 6 nitrogen and oxygen atoms in total. The van der Waals surface area contributed by atoms with Gasteiger partial charge in [0.1, 0.15) is 18.0 Å². The van der Waals surface area contributed by atoms with Crippen LogP contribution in [0.4, 0.5) is 5.69 Å². The largest absolute Gasteiger partial charge is 0.457 e. The van der Waals surface area contributed by atoms with Gasteiger partial charge in [0.15, 0.2) is 5.58 Å². The maximum atomic E-state index is 10.9. The van der Waals surface area contributed by atoms with Crippen LogP contribution in [0.5, 0.6) is 0 Å². The average molecular weight is 275 g/mol. The summed E-state index contributed by atoms with van der Waals surface area (Å²) in [5, 5.41) is 30.1. The van der Waals surface area contributed by atoms with E-state index in [4.69, 9.17) is 4.42 Å². The minimum Gasteiger partial charge on any atom is -0.457 e. The second-order valence-electron chi connectivity index (χ2n) is 4.44. The fourth-order valence-corrected chi connectivity index (χ4v) is 1.74. The molecule has 2 N–H and O–H groups in total. The molecule has 0 bridgehead atoms. The van der Waals surface area contributed by atoms with Crippen LogP contribution >= 0.6 is 0 Å².